The molecule has 1 heterocycles. The minimum atomic E-state index is -2.90. The topological polar surface area (TPSA) is 69.4 Å². The Labute approximate surface area is 140 Å². The minimum Gasteiger partial charge on any atom is -0.435 e. The van der Waals surface area contributed by atoms with Gasteiger partial charge in [-0.3, -0.25) is 9.59 Å². The summed E-state index contributed by atoms with van der Waals surface area (Å²) >= 11 is 0. The molecular formula is C18H13F2NO4. The average Bonchev–Trinajstić information content (AvgIpc) is 2.98. The molecule has 1 saturated carbocycles. The van der Waals surface area contributed by atoms with Gasteiger partial charge < -0.3 is 9.26 Å². The third-order valence-electron chi connectivity index (χ3n) is 4.48. The van der Waals surface area contributed by atoms with Crippen molar-refractivity contribution < 1.29 is 27.6 Å². The number of fused-ring (bicyclic) bond motifs is 3. The van der Waals surface area contributed by atoms with Gasteiger partial charge in [0.25, 0.3) is 0 Å². The highest BCUT2D eigenvalue weighted by Gasteiger charge is 2.32. The molecule has 3 aromatic rings. The van der Waals surface area contributed by atoms with E-state index >= 15 is 0 Å². The Morgan fingerprint density at radius 3 is 2.80 bits per heavy atom. The lowest BCUT2D eigenvalue weighted by molar-refractivity contribution is -0.130. The van der Waals surface area contributed by atoms with Gasteiger partial charge in [0, 0.05) is 6.42 Å². The van der Waals surface area contributed by atoms with Crippen molar-refractivity contribution in [2.75, 3.05) is 0 Å². The van der Waals surface area contributed by atoms with Gasteiger partial charge in [0.15, 0.2) is 5.58 Å². The van der Waals surface area contributed by atoms with Crippen molar-refractivity contribution in [1.29, 1.82) is 0 Å². The van der Waals surface area contributed by atoms with Crippen LogP contribution in [-0.2, 0) is 9.59 Å². The molecule has 4 rings (SSSR count). The summed E-state index contributed by atoms with van der Waals surface area (Å²) in [6, 6.07) is 7.99. The van der Waals surface area contributed by atoms with Crippen LogP contribution in [0.15, 0.2) is 34.9 Å². The molecule has 0 aliphatic heterocycles. The second kappa shape index (κ2) is 5.91. The molecule has 0 radical (unpaired) electrons. The quantitative estimate of drug-likeness (QED) is 0.672. The number of alkyl halides is 2. The van der Waals surface area contributed by atoms with Crippen LogP contribution >= 0.6 is 0 Å². The average molecular weight is 345 g/mol. The van der Waals surface area contributed by atoms with Gasteiger partial charge in [0.2, 0.25) is 0 Å². The minimum absolute atomic E-state index is 0.0548. The Morgan fingerprint density at radius 2 is 2.04 bits per heavy atom. The molecule has 1 fully saturated rings. The van der Waals surface area contributed by atoms with E-state index in [9.17, 15) is 18.4 Å². The van der Waals surface area contributed by atoms with E-state index in [1.807, 2.05) is 0 Å². The summed E-state index contributed by atoms with van der Waals surface area (Å²) < 4.78 is 34.6. The molecule has 0 amide bonds. The van der Waals surface area contributed by atoms with E-state index in [-0.39, 0.29) is 23.7 Å². The Bertz CT molecular complexity index is 995. The number of nitrogens with zero attached hydrogens (tertiary/aromatic N) is 1. The van der Waals surface area contributed by atoms with Gasteiger partial charge in [-0.1, -0.05) is 11.2 Å². The van der Waals surface area contributed by atoms with Crippen molar-refractivity contribution >= 4 is 33.3 Å². The highest BCUT2D eigenvalue weighted by atomic mass is 19.3. The molecule has 0 saturated heterocycles. The van der Waals surface area contributed by atoms with Crippen LogP contribution in [0.25, 0.3) is 21.7 Å². The van der Waals surface area contributed by atoms with Gasteiger partial charge in [-0.15, -0.1) is 0 Å². The summed E-state index contributed by atoms with van der Waals surface area (Å²) in [6.07, 6.45) is 0.653. The van der Waals surface area contributed by atoms with E-state index in [0.717, 1.165) is 5.39 Å². The Morgan fingerprint density at radius 1 is 1.20 bits per heavy atom. The van der Waals surface area contributed by atoms with Crippen LogP contribution in [0.5, 0.6) is 5.75 Å². The third-order valence-corrected chi connectivity index (χ3v) is 4.48. The Hall–Kier alpha value is -2.83. The molecule has 1 aromatic heterocycles. The third kappa shape index (κ3) is 2.75. The zero-order valence-corrected chi connectivity index (χ0v) is 13.0. The van der Waals surface area contributed by atoms with Crippen molar-refractivity contribution in [3.05, 3.63) is 36.0 Å². The lowest BCUT2D eigenvalue weighted by Crippen LogP contribution is -2.23. The molecule has 25 heavy (non-hydrogen) atoms. The molecule has 2 aromatic carbocycles. The molecule has 1 atom stereocenters. The summed E-state index contributed by atoms with van der Waals surface area (Å²) in [4.78, 5) is 23.7. The maximum Gasteiger partial charge on any atom is 0.387 e. The monoisotopic (exact) mass is 345 g/mol. The molecule has 0 N–H and O–H groups in total. The maximum atomic E-state index is 12.4. The van der Waals surface area contributed by atoms with E-state index < -0.39 is 12.5 Å². The number of Topliss-reactive ketones (excluding diaryl/α,β-unsaturated/α-hetero) is 2. The van der Waals surface area contributed by atoms with Crippen LogP contribution in [0.3, 0.4) is 0 Å². The van der Waals surface area contributed by atoms with Crippen LogP contribution in [0.2, 0.25) is 0 Å². The van der Waals surface area contributed by atoms with Gasteiger partial charge >= 0.3 is 6.61 Å². The number of ketones is 2. The molecule has 1 aliphatic carbocycles. The number of hydrogen-bond donors (Lipinski definition) is 0. The van der Waals surface area contributed by atoms with E-state index in [4.69, 9.17) is 4.52 Å². The SMILES string of the molecule is O=C1CC[C@@H](c2noc3ccc4cc(OC(F)F)ccc4c23)C(=O)C1. The molecule has 0 bridgehead atoms. The van der Waals surface area contributed by atoms with Gasteiger partial charge in [0.1, 0.15) is 23.0 Å². The second-order valence-corrected chi connectivity index (χ2v) is 6.04. The number of carbonyl (C=O) groups is 2. The van der Waals surface area contributed by atoms with E-state index in [2.05, 4.69) is 9.89 Å². The maximum absolute atomic E-state index is 12.4. The summed E-state index contributed by atoms with van der Waals surface area (Å²) in [6.45, 7) is -2.90. The molecule has 0 unspecified atom stereocenters. The first kappa shape index (κ1) is 15.7. The van der Waals surface area contributed by atoms with Crippen molar-refractivity contribution in [1.82, 2.24) is 5.16 Å². The normalized spacial score (nSPS) is 18.4. The van der Waals surface area contributed by atoms with Crippen LogP contribution in [0.4, 0.5) is 8.78 Å². The summed E-state index contributed by atoms with van der Waals surface area (Å²) in [5.41, 5.74) is 1.01. The first-order chi connectivity index (χ1) is 12.0. The molecular weight excluding hydrogens is 332 g/mol. The summed E-state index contributed by atoms with van der Waals surface area (Å²) in [5, 5.41) is 6.14. The van der Waals surface area contributed by atoms with E-state index in [1.54, 1.807) is 18.2 Å². The first-order valence-electron chi connectivity index (χ1n) is 7.84. The van der Waals surface area contributed by atoms with Crippen molar-refractivity contribution in [2.45, 2.75) is 31.8 Å². The lowest BCUT2D eigenvalue weighted by Gasteiger charge is -2.18. The van der Waals surface area contributed by atoms with Crippen LogP contribution in [-0.4, -0.2) is 23.3 Å². The van der Waals surface area contributed by atoms with Crippen molar-refractivity contribution in [3.8, 4) is 5.75 Å². The highest BCUT2D eigenvalue weighted by molar-refractivity contribution is 6.11. The molecule has 7 heteroatoms. The van der Waals surface area contributed by atoms with Gasteiger partial charge in [-0.2, -0.15) is 8.78 Å². The zero-order chi connectivity index (χ0) is 17.6. The fraction of sp³-hybridized carbons (Fsp3) is 0.278. The van der Waals surface area contributed by atoms with Crippen molar-refractivity contribution in [3.63, 3.8) is 0 Å². The standard InChI is InChI=1S/C18H13F2NO4/c19-18(20)24-11-3-5-12-9(7-11)1-6-15-16(12)17(21-25-15)13-4-2-10(22)8-14(13)23/h1,3,5-7,13,18H,2,4,8H2/t13-/m1/s1. The number of carbonyl (C=O) groups excluding carboxylic acids is 2. The van der Waals surface area contributed by atoms with Crippen LogP contribution in [0.1, 0.15) is 30.9 Å². The Balaban J connectivity index is 1.84. The lowest BCUT2D eigenvalue weighted by atomic mass is 9.83. The van der Waals surface area contributed by atoms with Gasteiger partial charge in [0.05, 0.1) is 17.7 Å². The van der Waals surface area contributed by atoms with Gasteiger partial charge in [-0.25, -0.2) is 0 Å². The highest BCUT2D eigenvalue weighted by Crippen LogP contribution is 2.37. The molecule has 1 aliphatic rings. The van der Waals surface area contributed by atoms with Crippen molar-refractivity contribution in [2.24, 2.45) is 0 Å². The zero-order valence-electron chi connectivity index (χ0n) is 13.0. The second-order valence-electron chi connectivity index (χ2n) is 6.04. The van der Waals surface area contributed by atoms with Crippen LogP contribution in [0, 0.1) is 0 Å². The fourth-order valence-electron chi connectivity index (χ4n) is 3.35. The predicted octanol–water partition coefficient (Wildman–Crippen LogP) is 3.99. The Kier molecular flexibility index (Phi) is 3.71. The predicted molar refractivity (Wildman–Crippen MR) is 84.8 cm³/mol. The van der Waals surface area contributed by atoms with Gasteiger partial charge in [-0.05, 0) is 41.5 Å². The number of benzene rings is 2. The summed E-state index contributed by atoms with van der Waals surface area (Å²) in [7, 11) is 0. The fourth-order valence-corrected chi connectivity index (χ4v) is 3.35. The largest absolute Gasteiger partial charge is 0.435 e. The van der Waals surface area contributed by atoms with E-state index in [1.165, 1.54) is 12.1 Å². The first-order valence-corrected chi connectivity index (χ1v) is 7.84. The van der Waals surface area contributed by atoms with Crippen LogP contribution < -0.4 is 4.74 Å². The molecule has 5 nitrogen and oxygen atoms in total. The smallest absolute Gasteiger partial charge is 0.387 e. The number of hydrogen-bond acceptors (Lipinski definition) is 5. The summed E-state index contributed by atoms with van der Waals surface area (Å²) in [5.74, 6) is -0.658. The number of aromatic nitrogens is 1. The molecule has 128 valence electrons. The number of ether oxygens (including phenoxy) is 1. The van der Waals surface area contributed by atoms with E-state index in [0.29, 0.717) is 34.9 Å². The number of halogens is 2. The molecule has 0 spiro atoms. The number of rotatable bonds is 3.